The van der Waals surface area contributed by atoms with Gasteiger partial charge in [0.2, 0.25) is 0 Å². The molecule has 14 heavy (non-hydrogen) atoms. The number of nitrogens with one attached hydrogen (secondary N) is 1. The molecule has 1 heterocycles. The summed E-state index contributed by atoms with van der Waals surface area (Å²) in [6.07, 6.45) is 4.18. The molecule has 3 unspecified atom stereocenters. The Labute approximate surface area is 85.5 Å². The van der Waals surface area contributed by atoms with Crippen molar-refractivity contribution in [3.8, 4) is 0 Å². The fraction of sp³-hybridized carbons (Fsp3) is 0.538. The van der Waals surface area contributed by atoms with E-state index in [0.29, 0.717) is 0 Å². The highest BCUT2D eigenvalue weighted by molar-refractivity contribution is 5.26. The maximum atomic E-state index is 3.62. The second-order valence-corrected chi connectivity index (χ2v) is 4.62. The third kappa shape index (κ3) is 1.46. The van der Waals surface area contributed by atoms with Crippen LogP contribution in [0.15, 0.2) is 30.3 Å². The number of rotatable bonds is 2. The van der Waals surface area contributed by atoms with Crippen molar-refractivity contribution in [2.24, 2.45) is 5.92 Å². The smallest absolute Gasteiger partial charge is 0.0102 e. The van der Waals surface area contributed by atoms with Gasteiger partial charge in [-0.3, -0.25) is 0 Å². The topological polar surface area (TPSA) is 12.0 Å². The average molecular weight is 187 g/mol. The molecule has 3 atom stereocenters. The zero-order chi connectivity index (χ0) is 9.38. The van der Waals surface area contributed by atoms with Gasteiger partial charge in [-0.25, -0.2) is 0 Å². The molecule has 0 spiro atoms. The minimum atomic E-state index is 0.820. The van der Waals surface area contributed by atoms with Crippen LogP contribution in [0, 0.1) is 5.92 Å². The van der Waals surface area contributed by atoms with E-state index in [9.17, 15) is 0 Å². The van der Waals surface area contributed by atoms with Crippen LogP contribution in [-0.2, 0) is 0 Å². The largest absolute Gasteiger partial charge is 0.314 e. The van der Waals surface area contributed by atoms with Crippen molar-refractivity contribution in [3.63, 3.8) is 0 Å². The van der Waals surface area contributed by atoms with Crippen LogP contribution in [0.1, 0.15) is 30.7 Å². The Kier molecular flexibility index (Phi) is 2.06. The van der Waals surface area contributed by atoms with Crippen LogP contribution in [0.3, 0.4) is 0 Å². The standard InChI is InChI=1S/C13H17N/c1-2-5-10(6-3-1)11-9-12(11)13-7-4-8-14-13/h1-3,5-6,11-14H,4,7-9H2. The average Bonchev–Trinajstić information content (AvgIpc) is 2.87. The Morgan fingerprint density at radius 3 is 2.71 bits per heavy atom. The van der Waals surface area contributed by atoms with E-state index < -0.39 is 0 Å². The van der Waals surface area contributed by atoms with E-state index >= 15 is 0 Å². The summed E-state index contributed by atoms with van der Waals surface area (Å²) in [5.41, 5.74) is 1.55. The lowest BCUT2D eigenvalue weighted by atomic mass is 10.0. The Balaban J connectivity index is 1.68. The van der Waals surface area contributed by atoms with Gasteiger partial charge in [0.15, 0.2) is 0 Å². The van der Waals surface area contributed by atoms with E-state index in [2.05, 4.69) is 35.6 Å². The van der Waals surface area contributed by atoms with Gasteiger partial charge in [-0.2, -0.15) is 0 Å². The molecule has 0 radical (unpaired) electrons. The van der Waals surface area contributed by atoms with Gasteiger partial charge in [-0.05, 0) is 43.2 Å². The molecule has 0 bridgehead atoms. The normalized spacial score (nSPS) is 35.9. The molecule has 0 aromatic heterocycles. The lowest BCUT2D eigenvalue weighted by Crippen LogP contribution is -2.23. The van der Waals surface area contributed by atoms with Gasteiger partial charge in [0.25, 0.3) is 0 Å². The molecule has 2 fully saturated rings. The molecule has 1 aliphatic heterocycles. The molecule has 0 amide bonds. The zero-order valence-electron chi connectivity index (χ0n) is 8.45. The third-order valence-corrected chi connectivity index (χ3v) is 3.68. The third-order valence-electron chi connectivity index (χ3n) is 3.68. The van der Waals surface area contributed by atoms with Crippen molar-refractivity contribution < 1.29 is 0 Å². The van der Waals surface area contributed by atoms with Gasteiger partial charge in [0.1, 0.15) is 0 Å². The molecule has 1 N–H and O–H groups in total. The molecule has 1 aromatic rings. The Morgan fingerprint density at radius 2 is 2.00 bits per heavy atom. The fourth-order valence-corrected chi connectivity index (χ4v) is 2.82. The number of benzene rings is 1. The number of hydrogen-bond acceptors (Lipinski definition) is 1. The lowest BCUT2D eigenvalue weighted by Gasteiger charge is -2.08. The zero-order valence-corrected chi connectivity index (χ0v) is 8.45. The summed E-state index contributed by atoms with van der Waals surface area (Å²) in [6.45, 7) is 1.24. The van der Waals surface area contributed by atoms with E-state index in [1.807, 2.05) is 0 Å². The van der Waals surface area contributed by atoms with Crippen LogP contribution in [0.5, 0.6) is 0 Å². The first-order chi connectivity index (χ1) is 6.95. The van der Waals surface area contributed by atoms with Crippen LogP contribution in [-0.4, -0.2) is 12.6 Å². The van der Waals surface area contributed by atoms with Gasteiger partial charge in [0.05, 0.1) is 0 Å². The fourth-order valence-electron chi connectivity index (χ4n) is 2.82. The molecule has 1 heteroatoms. The summed E-state index contributed by atoms with van der Waals surface area (Å²) in [4.78, 5) is 0. The first kappa shape index (κ1) is 8.49. The van der Waals surface area contributed by atoms with Crippen LogP contribution < -0.4 is 5.32 Å². The van der Waals surface area contributed by atoms with E-state index in [1.165, 1.54) is 25.8 Å². The summed E-state index contributed by atoms with van der Waals surface area (Å²) >= 11 is 0. The maximum Gasteiger partial charge on any atom is 0.0102 e. The van der Waals surface area contributed by atoms with Gasteiger partial charge in [-0.1, -0.05) is 30.3 Å². The molecule has 1 saturated heterocycles. The Morgan fingerprint density at radius 1 is 1.14 bits per heavy atom. The molecule has 2 aliphatic rings. The quantitative estimate of drug-likeness (QED) is 0.750. The molecule has 3 rings (SSSR count). The summed E-state index contributed by atoms with van der Waals surface area (Å²) in [7, 11) is 0. The van der Waals surface area contributed by atoms with E-state index in [1.54, 1.807) is 5.56 Å². The maximum absolute atomic E-state index is 3.62. The van der Waals surface area contributed by atoms with Crippen molar-refractivity contribution in [2.45, 2.75) is 31.2 Å². The molecule has 1 nitrogen and oxygen atoms in total. The minimum Gasteiger partial charge on any atom is -0.314 e. The molecule has 1 aliphatic carbocycles. The first-order valence-electron chi connectivity index (χ1n) is 5.73. The van der Waals surface area contributed by atoms with E-state index in [-0.39, 0.29) is 0 Å². The molecule has 1 saturated carbocycles. The highest BCUT2D eigenvalue weighted by atomic mass is 15.0. The predicted molar refractivity (Wildman–Crippen MR) is 58.3 cm³/mol. The monoisotopic (exact) mass is 187 g/mol. The van der Waals surface area contributed by atoms with Crippen LogP contribution in [0.2, 0.25) is 0 Å². The molecule has 1 aromatic carbocycles. The first-order valence-corrected chi connectivity index (χ1v) is 5.73. The summed E-state index contributed by atoms with van der Waals surface area (Å²) in [5.74, 6) is 1.78. The van der Waals surface area contributed by atoms with E-state index in [4.69, 9.17) is 0 Å². The summed E-state index contributed by atoms with van der Waals surface area (Å²) < 4.78 is 0. The highest BCUT2D eigenvalue weighted by Crippen LogP contribution is 2.50. The highest BCUT2D eigenvalue weighted by Gasteiger charge is 2.44. The second-order valence-electron chi connectivity index (χ2n) is 4.62. The van der Waals surface area contributed by atoms with Gasteiger partial charge in [-0.15, -0.1) is 0 Å². The van der Waals surface area contributed by atoms with Crippen molar-refractivity contribution in [3.05, 3.63) is 35.9 Å². The minimum absolute atomic E-state index is 0.820. The van der Waals surface area contributed by atoms with Crippen molar-refractivity contribution in [1.82, 2.24) is 5.32 Å². The Bertz CT molecular complexity index is 300. The SMILES string of the molecule is c1ccc(C2CC2C2CCCN2)cc1. The Hall–Kier alpha value is -0.820. The summed E-state index contributed by atoms with van der Waals surface area (Å²) in [6, 6.07) is 11.8. The van der Waals surface area contributed by atoms with E-state index in [0.717, 1.165) is 17.9 Å². The van der Waals surface area contributed by atoms with Gasteiger partial charge in [0, 0.05) is 6.04 Å². The van der Waals surface area contributed by atoms with Crippen molar-refractivity contribution >= 4 is 0 Å². The lowest BCUT2D eigenvalue weighted by molar-refractivity contribution is 0.528. The van der Waals surface area contributed by atoms with Crippen LogP contribution in [0.4, 0.5) is 0 Å². The molecular formula is C13H17N. The van der Waals surface area contributed by atoms with Crippen LogP contribution in [0.25, 0.3) is 0 Å². The van der Waals surface area contributed by atoms with Crippen molar-refractivity contribution in [2.75, 3.05) is 6.54 Å². The van der Waals surface area contributed by atoms with Crippen molar-refractivity contribution in [1.29, 1.82) is 0 Å². The van der Waals surface area contributed by atoms with Gasteiger partial charge < -0.3 is 5.32 Å². The number of hydrogen-bond donors (Lipinski definition) is 1. The molecular weight excluding hydrogens is 170 g/mol. The predicted octanol–water partition coefficient (Wildman–Crippen LogP) is 2.54. The molecule has 74 valence electrons. The van der Waals surface area contributed by atoms with Crippen LogP contribution >= 0.6 is 0 Å². The summed E-state index contributed by atoms with van der Waals surface area (Å²) in [5, 5.41) is 3.62. The second kappa shape index (κ2) is 3.39. The van der Waals surface area contributed by atoms with Gasteiger partial charge >= 0.3 is 0 Å².